The summed E-state index contributed by atoms with van der Waals surface area (Å²) in [4.78, 5) is 37.9. The molecule has 4 rings (SSSR count). The summed E-state index contributed by atoms with van der Waals surface area (Å²) in [6.07, 6.45) is 4.50. The maximum absolute atomic E-state index is 12.6. The van der Waals surface area contributed by atoms with Crippen molar-refractivity contribution in [3.63, 3.8) is 0 Å². The Kier molecular flexibility index (Phi) is 4.98. The zero-order valence-electron chi connectivity index (χ0n) is 15.7. The number of rotatable bonds is 5. The van der Waals surface area contributed by atoms with Gasteiger partial charge in [-0.1, -0.05) is 24.3 Å². The van der Waals surface area contributed by atoms with Gasteiger partial charge in [-0.25, -0.2) is 9.97 Å². The van der Waals surface area contributed by atoms with Crippen LogP contribution in [-0.4, -0.2) is 25.4 Å². The number of hydrazine groups is 1. The molecule has 4 aromatic rings. The molecule has 0 saturated heterocycles. The number of nitrogens with zero attached hydrogens (tertiary/aromatic N) is 4. The van der Waals surface area contributed by atoms with Gasteiger partial charge >= 0.3 is 0 Å². The quantitative estimate of drug-likeness (QED) is 0.404. The van der Waals surface area contributed by atoms with Gasteiger partial charge in [-0.05, 0) is 37.3 Å². The Balaban J connectivity index is 1.50. The zero-order chi connectivity index (χ0) is 20.2. The van der Waals surface area contributed by atoms with Crippen LogP contribution in [-0.2, 0) is 11.3 Å². The molecule has 2 heterocycles. The standard InChI is InChI=1S/C21H18N6O2/c1-2-27-20(29)15-7-3-4-8-16(15)24-21(27)26-25-19(28)12-11-14-13-22-17-9-5-6-10-18(17)23-14/h3-13H,2H2,1H3,(H,24,26)(H,25,28)/b12-11+. The normalized spacial score (nSPS) is 11.2. The molecule has 0 aliphatic heterocycles. The van der Waals surface area contributed by atoms with Crippen molar-refractivity contribution in [2.45, 2.75) is 13.5 Å². The summed E-state index contributed by atoms with van der Waals surface area (Å²) < 4.78 is 1.46. The predicted molar refractivity (Wildman–Crippen MR) is 112 cm³/mol. The molecule has 1 amide bonds. The third-order valence-electron chi connectivity index (χ3n) is 4.35. The minimum Gasteiger partial charge on any atom is -0.277 e. The highest BCUT2D eigenvalue weighted by molar-refractivity contribution is 5.92. The van der Waals surface area contributed by atoms with Crippen molar-refractivity contribution in [3.05, 3.63) is 76.9 Å². The molecule has 0 spiro atoms. The molecule has 8 nitrogen and oxygen atoms in total. The molecule has 0 aliphatic rings. The lowest BCUT2D eigenvalue weighted by molar-refractivity contribution is -0.116. The minimum absolute atomic E-state index is 0.170. The van der Waals surface area contributed by atoms with Gasteiger partial charge < -0.3 is 0 Å². The van der Waals surface area contributed by atoms with E-state index in [9.17, 15) is 9.59 Å². The number of fused-ring (bicyclic) bond motifs is 2. The first-order chi connectivity index (χ1) is 14.2. The maximum atomic E-state index is 12.6. The summed E-state index contributed by atoms with van der Waals surface area (Å²) in [5.74, 6) is -0.145. The molecule has 29 heavy (non-hydrogen) atoms. The van der Waals surface area contributed by atoms with Crippen LogP contribution in [0, 0.1) is 0 Å². The number of anilines is 1. The summed E-state index contributed by atoms with van der Waals surface area (Å²) in [7, 11) is 0. The highest BCUT2D eigenvalue weighted by atomic mass is 16.2. The van der Waals surface area contributed by atoms with Crippen LogP contribution in [0.3, 0.4) is 0 Å². The summed E-state index contributed by atoms with van der Waals surface area (Å²) in [5, 5.41) is 0.529. The van der Waals surface area contributed by atoms with Crippen molar-refractivity contribution in [2.24, 2.45) is 0 Å². The molecule has 0 saturated carbocycles. The van der Waals surface area contributed by atoms with Gasteiger partial charge in [-0.15, -0.1) is 0 Å². The first-order valence-electron chi connectivity index (χ1n) is 9.11. The van der Waals surface area contributed by atoms with Gasteiger partial charge in [0.2, 0.25) is 5.95 Å². The average Bonchev–Trinajstić information content (AvgIpc) is 2.76. The van der Waals surface area contributed by atoms with Crippen LogP contribution in [0.25, 0.3) is 28.0 Å². The zero-order valence-corrected chi connectivity index (χ0v) is 15.7. The van der Waals surface area contributed by atoms with E-state index in [1.54, 1.807) is 36.5 Å². The van der Waals surface area contributed by atoms with Crippen LogP contribution >= 0.6 is 0 Å². The second-order valence-corrected chi connectivity index (χ2v) is 6.23. The van der Waals surface area contributed by atoms with E-state index in [1.165, 1.54) is 10.6 Å². The molecule has 0 radical (unpaired) electrons. The summed E-state index contributed by atoms with van der Waals surface area (Å²) in [6, 6.07) is 14.6. The van der Waals surface area contributed by atoms with Crippen LogP contribution in [0.2, 0.25) is 0 Å². The summed E-state index contributed by atoms with van der Waals surface area (Å²) in [5.41, 5.74) is 7.74. The highest BCUT2D eigenvalue weighted by Crippen LogP contribution is 2.11. The van der Waals surface area contributed by atoms with Crippen LogP contribution < -0.4 is 16.4 Å². The van der Waals surface area contributed by atoms with E-state index in [0.29, 0.717) is 23.1 Å². The van der Waals surface area contributed by atoms with Crippen molar-refractivity contribution in [1.29, 1.82) is 0 Å². The van der Waals surface area contributed by atoms with Crippen LogP contribution in [0.15, 0.2) is 65.6 Å². The number of para-hydroxylation sites is 3. The second-order valence-electron chi connectivity index (χ2n) is 6.23. The van der Waals surface area contributed by atoms with E-state index in [1.807, 2.05) is 31.2 Å². The molecule has 2 aromatic heterocycles. The second kappa shape index (κ2) is 7.89. The fraction of sp³-hybridized carbons (Fsp3) is 0.0952. The lowest BCUT2D eigenvalue weighted by Gasteiger charge is -2.13. The maximum Gasteiger partial charge on any atom is 0.262 e. The van der Waals surface area contributed by atoms with Crippen molar-refractivity contribution in [2.75, 3.05) is 5.43 Å². The van der Waals surface area contributed by atoms with E-state index in [2.05, 4.69) is 25.8 Å². The number of aromatic nitrogens is 4. The minimum atomic E-state index is -0.412. The molecule has 8 heteroatoms. The summed E-state index contributed by atoms with van der Waals surface area (Å²) >= 11 is 0. The molecular weight excluding hydrogens is 368 g/mol. The molecule has 0 fully saturated rings. The topological polar surface area (TPSA) is 102 Å². The fourth-order valence-corrected chi connectivity index (χ4v) is 2.93. The van der Waals surface area contributed by atoms with E-state index in [0.717, 1.165) is 11.0 Å². The van der Waals surface area contributed by atoms with E-state index in [-0.39, 0.29) is 11.5 Å². The molecule has 144 valence electrons. The first kappa shape index (κ1) is 18.3. The average molecular weight is 386 g/mol. The lowest BCUT2D eigenvalue weighted by Crippen LogP contribution is -2.33. The number of hydrogen-bond acceptors (Lipinski definition) is 6. The van der Waals surface area contributed by atoms with E-state index >= 15 is 0 Å². The Morgan fingerprint density at radius 1 is 1.03 bits per heavy atom. The monoisotopic (exact) mass is 386 g/mol. The molecule has 2 N–H and O–H groups in total. The molecule has 2 aromatic carbocycles. The summed E-state index contributed by atoms with van der Waals surface area (Å²) in [6.45, 7) is 2.25. The van der Waals surface area contributed by atoms with Gasteiger partial charge in [0, 0.05) is 12.6 Å². The molecule has 0 aliphatic carbocycles. The third kappa shape index (κ3) is 3.81. The van der Waals surface area contributed by atoms with E-state index < -0.39 is 5.91 Å². The number of nitrogens with one attached hydrogen (secondary N) is 2. The van der Waals surface area contributed by atoms with Crippen LogP contribution in [0.5, 0.6) is 0 Å². The molecule has 0 atom stereocenters. The van der Waals surface area contributed by atoms with Crippen molar-refractivity contribution in [1.82, 2.24) is 24.9 Å². The van der Waals surface area contributed by atoms with Gasteiger partial charge in [0.25, 0.3) is 11.5 Å². The Morgan fingerprint density at radius 2 is 1.76 bits per heavy atom. The van der Waals surface area contributed by atoms with Gasteiger partial charge in [0.1, 0.15) is 0 Å². The Morgan fingerprint density at radius 3 is 2.55 bits per heavy atom. The largest absolute Gasteiger partial charge is 0.277 e. The van der Waals surface area contributed by atoms with Crippen molar-refractivity contribution >= 4 is 39.9 Å². The molecule has 0 bridgehead atoms. The van der Waals surface area contributed by atoms with Gasteiger partial charge in [0.05, 0.1) is 33.8 Å². The van der Waals surface area contributed by atoms with Gasteiger partial charge in [-0.2, -0.15) is 0 Å². The van der Waals surface area contributed by atoms with Crippen LogP contribution in [0.4, 0.5) is 5.95 Å². The predicted octanol–water partition coefficient (Wildman–Crippen LogP) is 2.52. The van der Waals surface area contributed by atoms with Gasteiger partial charge in [-0.3, -0.25) is 30.0 Å². The smallest absolute Gasteiger partial charge is 0.262 e. The number of carbonyl (C=O) groups excluding carboxylic acids is 1. The number of carbonyl (C=O) groups is 1. The highest BCUT2D eigenvalue weighted by Gasteiger charge is 2.09. The lowest BCUT2D eigenvalue weighted by atomic mass is 10.2. The SMILES string of the molecule is CCn1c(NNC(=O)/C=C/c2cnc3ccccc3n2)nc2ccccc2c1=O. The first-order valence-corrected chi connectivity index (χ1v) is 9.11. The number of hydrogen-bond donors (Lipinski definition) is 2. The van der Waals surface area contributed by atoms with Crippen molar-refractivity contribution in [3.8, 4) is 0 Å². The Hall–Kier alpha value is -4.07. The third-order valence-corrected chi connectivity index (χ3v) is 4.35. The Labute approximate surface area is 165 Å². The Bertz CT molecular complexity index is 1300. The van der Waals surface area contributed by atoms with Gasteiger partial charge in [0.15, 0.2) is 0 Å². The fourth-order valence-electron chi connectivity index (χ4n) is 2.93. The van der Waals surface area contributed by atoms with E-state index in [4.69, 9.17) is 0 Å². The number of amides is 1. The van der Waals surface area contributed by atoms with Crippen LogP contribution in [0.1, 0.15) is 12.6 Å². The van der Waals surface area contributed by atoms with Crippen molar-refractivity contribution < 1.29 is 4.79 Å². The molecule has 0 unspecified atom stereocenters. The molecular formula is C21H18N6O2. The number of benzene rings is 2.